The Morgan fingerprint density at radius 1 is 0.667 bits per heavy atom. The molecule has 2 aromatic rings. The summed E-state index contributed by atoms with van der Waals surface area (Å²) in [4.78, 5) is 12.9. The summed E-state index contributed by atoms with van der Waals surface area (Å²) >= 11 is 0. The molecule has 1 aliphatic heterocycles. The zero-order chi connectivity index (χ0) is 14.2. The molecule has 0 spiro atoms. The normalized spacial score (nSPS) is 17.6. The van der Waals surface area contributed by atoms with E-state index in [0.29, 0.717) is 13.2 Å². The second-order valence-corrected chi connectivity index (χ2v) is 5.26. The molecule has 0 amide bonds. The fourth-order valence-corrected chi connectivity index (χ4v) is 3.09. The highest BCUT2D eigenvalue weighted by Gasteiger charge is 2.36. The first-order chi connectivity index (χ1) is 10.4. The maximum Gasteiger partial charge on any atom is 0.194 e. The third-order valence-electron chi connectivity index (χ3n) is 4.04. The lowest BCUT2D eigenvalue weighted by Gasteiger charge is -2.07. The van der Waals surface area contributed by atoms with Crippen molar-refractivity contribution in [3.05, 3.63) is 82.9 Å². The van der Waals surface area contributed by atoms with E-state index in [9.17, 15) is 4.79 Å². The molecule has 1 heterocycles. The molecule has 2 heteroatoms. The number of ether oxygens (including phenoxy) is 1. The highest BCUT2D eigenvalue weighted by Crippen LogP contribution is 2.42. The number of carbonyl (C=O) groups is 1. The van der Waals surface area contributed by atoms with Gasteiger partial charge in [0.05, 0.1) is 13.2 Å². The molecular weight excluding hydrogens is 260 g/mol. The number of allylic oxidation sites excluding steroid dienone is 2. The molecule has 2 aliphatic rings. The van der Waals surface area contributed by atoms with E-state index in [4.69, 9.17) is 4.74 Å². The van der Waals surface area contributed by atoms with Crippen LogP contribution >= 0.6 is 0 Å². The molecule has 1 aliphatic carbocycles. The second-order valence-electron chi connectivity index (χ2n) is 5.26. The van der Waals surface area contributed by atoms with Crippen molar-refractivity contribution in [1.82, 2.24) is 0 Å². The Morgan fingerprint density at radius 2 is 1.10 bits per heavy atom. The predicted octanol–water partition coefficient (Wildman–Crippen LogP) is 3.51. The van der Waals surface area contributed by atoms with Crippen molar-refractivity contribution in [2.45, 2.75) is 0 Å². The van der Waals surface area contributed by atoms with Crippen molar-refractivity contribution in [3.8, 4) is 0 Å². The van der Waals surface area contributed by atoms with E-state index in [1.54, 1.807) is 0 Å². The van der Waals surface area contributed by atoms with Gasteiger partial charge in [-0.15, -0.1) is 0 Å². The SMILES string of the molecule is O=C1C(c2ccccc2)=C2COCC2=C1c1ccccc1. The molecule has 0 bridgehead atoms. The molecule has 0 N–H and O–H groups in total. The van der Waals surface area contributed by atoms with E-state index in [1.165, 1.54) is 0 Å². The number of Topliss-reactive ketones (excluding diaryl/α,β-unsaturated/α-hetero) is 1. The monoisotopic (exact) mass is 274 g/mol. The third kappa shape index (κ3) is 1.88. The van der Waals surface area contributed by atoms with E-state index >= 15 is 0 Å². The summed E-state index contributed by atoms with van der Waals surface area (Å²) in [6.07, 6.45) is 0. The van der Waals surface area contributed by atoms with Crippen molar-refractivity contribution < 1.29 is 9.53 Å². The van der Waals surface area contributed by atoms with Crippen molar-refractivity contribution in [1.29, 1.82) is 0 Å². The average Bonchev–Trinajstić information content (AvgIpc) is 3.08. The lowest BCUT2D eigenvalue weighted by molar-refractivity contribution is -0.108. The first kappa shape index (κ1) is 12.3. The molecular formula is C19H14O2. The summed E-state index contributed by atoms with van der Waals surface area (Å²) in [7, 11) is 0. The van der Waals surface area contributed by atoms with Crippen LogP contribution in [0.3, 0.4) is 0 Å². The van der Waals surface area contributed by atoms with Gasteiger partial charge in [0.2, 0.25) is 0 Å². The lowest BCUT2D eigenvalue weighted by Crippen LogP contribution is -2.03. The van der Waals surface area contributed by atoms with Gasteiger partial charge in [-0.1, -0.05) is 60.7 Å². The summed E-state index contributed by atoms with van der Waals surface area (Å²) in [5.74, 6) is 0.126. The van der Waals surface area contributed by atoms with Crippen LogP contribution < -0.4 is 0 Å². The van der Waals surface area contributed by atoms with Crippen molar-refractivity contribution in [2.75, 3.05) is 13.2 Å². The van der Waals surface area contributed by atoms with Crippen molar-refractivity contribution >= 4 is 16.9 Å². The smallest absolute Gasteiger partial charge is 0.194 e. The van der Waals surface area contributed by atoms with E-state index in [2.05, 4.69) is 0 Å². The van der Waals surface area contributed by atoms with Gasteiger partial charge in [-0.05, 0) is 22.3 Å². The van der Waals surface area contributed by atoms with Crippen LogP contribution in [-0.4, -0.2) is 19.0 Å². The van der Waals surface area contributed by atoms with Crippen LogP contribution in [0.2, 0.25) is 0 Å². The van der Waals surface area contributed by atoms with Gasteiger partial charge in [0, 0.05) is 11.1 Å². The van der Waals surface area contributed by atoms with Gasteiger partial charge >= 0.3 is 0 Å². The van der Waals surface area contributed by atoms with Crippen LogP contribution in [0.1, 0.15) is 11.1 Å². The number of ketones is 1. The molecule has 0 atom stereocenters. The number of carbonyl (C=O) groups excluding carboxylic acids is 1. The molecule has 1 saturated heterocycles. The Morgan fingerprint density at radius 3 is 1.52 bits per heavy atom. The van der Waals surface area contributed by atoms with Gasteiger partial charge in [-0.3, -0.25) is 4.79 Å². The van der Waals surface area contributed by atoms with Crippen LogP contribution in [-0.2, 0) is 9.53 Å². The van der Waals surface area contributed by atoms with E-state index in [1.807, 2.05) is 60.7 Å². The van der Waals surface area contributed by atoms with Crippen molar-refractivity contribution in [2.24, 2.45) is 0 Å². The van der Waals surface area contributed by atoms with Crippen LogP contribution in [0.15, 0.2) is 71.8 Å². The maximum absolute atomic E-state index is 12.9. The topological polar surface area (TPSA) is 26.3 Å². The van der Waals surface area contributed by atoms with Gasteiger partial charge in [0.25, 0.3) is 0 Å². The molecule has 21 heavy (non-hydrogen) atoms. The Balaban J connectivity index is 1.88. The summed E-state index contributed by atoms with van der Waals surface area (Å²) in [6.45, 7) is 1.06. The Kier molecular flexibility index (Phi) is 2.83. The number of hydrogen-bond donors (Lipinski definition) is 0. The minimum absolute atomic E-state index is 0.126. The van der Waals surface area contributed by atoms with Gasteiger partial charge in [0.15, 0.2) is 5.78 Å². The molecule has 0 aromatic heterocycles. The van der Waals surface area contributed by atoms with Crippen LogP contribution in [0.5, 0.6) is 0 Å². The predicted molar refractivity (Wildman–Crippen MR) is 82.6 cm³/mol. The molecule has 2 aromatic carbocycles. The summed E-state index contributed by atoms with van der Waals surface area (Å²) < 4.78 is 5.60. The number of benzene rings is 2. The number of hydrogen-bond acceptors (Lipinski definition) is 2. The van der Waals surface area contributed by atoms with Crippen LogP contribution in [0.25, 0.3) is 11.1 Å². The minimum atomic E-state index is 0.126. The first-order valence-corrected chi connectivity index (χ1v) is 7.06. The molecule has 0 saturated carbocycles. The van der Waals surface area contributed by atoms with E-state index in [-0.39, 0.29) is 5.78 Å². The summed E-state index contributed by atoms with van der Waals surface area (Å²) in [5.41, 5.74) is 5.69. The van der Waals surface area contributed by atoms with Gasteiger partial charge in [-0.25, -0.2) is 0 Å². The molecule has 1 fully saturated rings. The fraction of sp³-hybridized carbons (Fsp3) is 0.105. The van der Waals surface area contributed by atoms with Crippen LogP contribution in [0.4, 0.5) is 0 Å². The van der Waals surface area contributed by atoms with Gasteiger partial charge in [-0.2, -0.15) is 0 Å². The molecule has 4 rings (SSSR count). The van der Waals surface area contributed by atoms with E-state index in [0.717, 1.165) is 33.4 Å². The number of rotatable bonds is 2. The van der Waals surface area contributed by atoms with Crippen molar-refractivity contribution in [3.63, 3.8) is 0 Å². The zero-order valence-corrected chi connectivity index (χ0v) is 11.5. The Hall–Kier alpha value is -2.45. The quantitative estimate of drug-likeness (QED) is 0.837. The maximum atomic E-state index is 12.9. The molecule has 102 valence electrons. The first-order valence-electron chi connectivity index (χ1n) is 7.06. The largest absolute Gasteiger partial charge is 0.372 e. The van der Waals surface area contributed by atoms with Crippen LogP contribution in [0, 0.1) is 0 Å². The Bertz CT molecular complexity index is 702. The fourth-order valence-electron chi connectivity index (χ4n) is 3.09. The highest BCUT2D eigenvalue weighted by molar-refractivity contribution is 6.47. The van der Waals surface area contributed by atoms with E-state index < -0.39 is 0 Å². The minimum Gasteiger partial charge on any atom is -0.372 e. The average molecular weight is 274 g/mol. The summed E-state index contributed by atoms with van der Waals surface area (Å²) in [6, 6.07) is 19.7. The van der Waals surface area contributed by atoms with Gasteiger partial charge in [0.1, 0.15) is 0 Å². The molecule has 0 unspecified atom stereocenters. The Labute approximate surface area is 123 Å². The lowest BCUT2D eigenvalue weighted by atomic mass is 9.96. The zero-order valence-electron chi connectivity index (χ0n) is 11.5. The second kappa shape index (κ2) is 4.83. The third-order valence-corrected chi connectivity index (χ3v) is 4.04. The molecule has 0 radical (unpaired) electrons. The summed E-state index contributed by atoms with van der Waals surface area (Å²) in [5, 5.41) is 0. The van der Waals surface area contributed by atoms with Gasteiger partial charge < -0.3 is 4.74 Å². The number of fused-ring (bicyclic) bond motifs is 1. The molecule has 2 nitrogen and oxygen atoms in total. The highest BCUT2D eigenvalue weighted by atomic mass is 16.5. The standard InChI is InChI=1S/C19H14O2/c20-19-17(13-7-3-1-4-8-13)15-11-21-12-16(15)18(19)14-9-5-2-6-10-14/h1-10H,11-12H2.